The molecule has 0 aliphatic rings. The van der Waals surface area contributed by atoms with E-state index >= 15 is 0 Å². The summed E-state index contributed by atoms with van der Waals surface area (Å²) in [4.78, 5) is 4.17. The Balaban J connectivity index is 2.01. The number of aryl methyl sites for hydroxylation is 2. The normalized spacial score (nSPS) is 10.1. The van der Waals surface area contributed by atoms with E-state index in [2.05, 4.69) is 20.9 Å². The third-order valence-corrected chi connectivity index (χ3v) is 2.98. The minimum atomic E-state index is 0.722. The highest BCUT2D eigenvalue weighted by Crippen LogP contribution is 2.17. The zero-order chi connectivity index (χ0) is 13.0. The lowest BCUT2D eigenvalue weighted by atomic mass is 10.1. The molecule has 2 aromatic rings. The van der Waals surface area contributed by atoms with Crippen LogP contribution in [0, 0.1) is 25.2 Å². The summed E-state index contributed by atoms with van der Waals surface area (Å²) in [5, 5.41) is 12.4. The van der Waals surface area contributed by atoms with Gasteiger partial charge in [-0.2, -0.15) is 5.26 Å². The molecule has 0 aliphatic carbocycles. The van der Waals surface area contributed by atoms with Crippen LogP contribution in [0.1, 0.15) is 17.0 Å². The molecule has 0 amide bonds. The summed E-state index contributed by atoms with van der Waals surface area (Å²) < 4.78 is 2.08. The lowest BCUT2D eigenvalue weighted by Crippen LogP contribution is -2.12. The molecule has 0 saturated carbocycles. The van der Waals surface area contributed by atoms with E-state index in [1.165, 1.54) is 0 Å². The van der Waals surface area contributed by atoms with Crippen molar-refractivity contribution < 1.29 is 0 Å². The van der Waals surface area contributed by atoms with Crippen molar-refractivity contribution in [3.8, 4) is 6.07 Å². The largest absolute Gasteiger partial charge is 0.382 e. The van der Waals surface area contributed by atoms with Gasteiger partial charge in [0.05, 0.1) is 11.3 Å². The van der Waals surface area contributed by atoms with Gasteiger partial charge >= 0.3 is 0 Å². The molecule has 2 rings (SSSR count). The van der Waals surface area contributed by atoms with Gasteiger partial charge in [-0.05, 0) is 25.5 Å². The van der Waals surface area contributed by atoms with Crippen LogP contribution in [0.15, 0.2) is 30.6 Å². The number of hydrogen-bond donors (Lipinski definition) is 1. The quantitative estimate of drug-likeness (QED) is 0.893. The molecule has 1 heterocycles. The number of rotatable bonds is 4. The highest BCUT2D eigenvalue weighted by Gasteiger charge is 2.04. The second kappa shape index (κ2) is 5.37. The van der Waals surface area contributed by atoms with Crippen LogP contribution in [0.3, 0.4) is 0 Å². The maximum Gasteiger partial charge on any atom is 0.105 e. The third kappa shape index (κ3) is 2.51. The van der Waals surface area contributed by atoms with Crippen LogP contribution in [0.2, 0.25) is 0 Å². The highest BCUT2D eigenvalue weighted by atomic mass is 15.1. The van der Waals surface area contributed by atoms with E-state index in [0.717, 1.165) is 35.7 Å². The second-order valence-corrected chi connectivity index (χ2v) is 4.20. The predicted octanol–water partition coefficient (Wildman–Crippen LogP) is 2.48. The first kappa shape index (κ1) is 12.2. The molecule has 1 N–H and O–H groups in total. The monoisotopic (exact) mass is 240 g/mol. The van der Waals surface area contributed by atoms with Crippen LogP contribution >= 0.6 is 0 Å². The fourth-order valence-corrected chi connectivity index (χ4v) is 1.91. The fraction of sp³-hybridized carbons (Fsp3) is 0.286. The van der Waals surface area contributed by atoms with Gasteiger partial charge in [-0.3, -0.25) is 0 Å². The van der Waals surface area contributed by atoms with Crippen molar-refractivity contribution in [2.45, 2.75) is 20.4 Å². The van der Waals surface area contributed by atoms with Crippen LogP contribution in [0.4, 0.5) is 5.69 Å². The summed E-state index contributed by atoms with van der Waals surface area (Å²) >= 11 is 0. The predicted molar refractivity (Wildman–Crippen MR) is 71.3 cm³/mol. The smallest absolute Gasteiger partial charge is 0.105 e. The van der Waals surface area contributed by atoms with Crippen LogP contribution in [0.5, 0.6) is 0 Å². The van der Waals surface area contributed by atoms with Crippen molar-refractivity contribution in [3.63, 3.8) is 0 Å². The number of hydrogen-bond acceptors (Lipinski definition) is 3. The number of imidazole rings is 1. The van der Waals surface area contributed by atoms with Crippen LogP contribution < -0.4 is 5.32 Å². The number of anilines is 1. The highest BCUT2D eigenvalue weighted by molar-refractivity contribution is 5.60. The van der Waals surface area contributed by atoms with Crippen molar-refractivity contribution in [3.05, 3.63) is 47.5 Å². The van der Waals surface area contributed by atoms with Gasteiger partial charge in [0.15, 0.2) is 0 Å². The van der Waals surface area contributed by atoms with Gasteiger partial charge in [-0.15, -0.1) is 0 Å². The number of nitrogens with one attached hydrogen (secondary N) is 1. The van der Waals surface area contributed by atoms with Crippen molar-refractivity contribution in [2.75, 3.05) is 11.9 Å². The molecular formula is C14H16N4. The molecule has 0 unspecified atom stereocenters. The Hall–Kier alpha value is -2.28. The van der Waals surface area contributed by atoms with Gasteiger partial charge in [0.1, 0.15) is 11.9 Å². The lowest BCUT2D eigenvalue weighted by molar-refractivity contribution is 0.701. The molecule has 4 heteroatoms. The van der Waals surface area contributed by atoms with Crippen molar-refractivity contribution in [2.24, 2.45) is 0 Å². The van der Waals surface area contributed by atoms with Gasteiger partial charge in [0, 0.05) is 25.5 Å². The minimum Gasteiger partial charge on any atom is -0.382 e. The Kier molecular flexibility index (Phi) is 3.63. The van der Waals surface area contributed by atoms with Gasteiger partial charge in [0.2, 0.25) is 0 Å². The average molecular weight is 240 g/mol. The zero-order valence-corrected chi connectivity index (χ0v) is 10.6. The molecule has 1 aromatic heterocycles. The van der Waals surface area contributed by atoms with E-state index < -0.39 is 0 Å². The maximum atomic E-state index is 9.12. The van der Waals surface area contributed by atoms with Crippen LogP contribution in [-0.2, 0) is 6.54 Å². The molecule has 0 saturated heterocycles. The summed E-state index contributed by atoms with van der Waals surface area (Å²) in [5.74, 6) is 1.00. The maximum absolute atomic E-state index is 9.12. The first-order chi connectivity index (χ1) is 8.72. The summed E-state index contributed by atoms with van der Waals surface area (Å²) in [6, 6.07) is 8.08. The van der Waals surface area contributed by atoms with Gasteiger partial charge < -0.3 is 9.88 Å². The molecule has 0 bridgehead atoms. The van der Waals surface area contributed by atoms with Crippen molar-refractivity contribution >= 4 is 5.69 Å². The number of nitrogens with zero attached hydrogens (tertiary/aromatic N) is 3. The molecule has 0 spiro atoms. The second-order valence-electron chi connectivity index (χ2n) is 4.20. The number of benzene rings is 1. The fourth-order valence-electron chi connectivity index (χ4n) is 1.91. The lowest BCUT2D eigenvalue weighted by Gasteiger charge is -2.10. The molecule has 0 aliphatic heterocycles. The van der Waals surface area contributed by atoms with Gasteiger partial charge in [0.25, 0.3) is 0 Å². The average Bonchev–Trinajstić information content (AvgIpc) is 2.75. The van der Waals surface area contributed by atoms with Crippen molar-refractivity contribution in [1.82, 2.24) is 9.55 Å². The molecule has 92 valence electrons. The number of nitriles is 1. The zero-order valence-electron chi connectivity index (χ0n) is 10.6. The number of aromatic nitrogens is 2. The van der Waals surface area contributed by atoms with E-state index in [1.54, 1.807) is 6.20 Å². The van der Waals surface area contributed by atoms with Crippen LogP contribution in [-0.4, -0.2) is 16.1 Å². The Bertz CT molecular complexity index is 578. The topological polar surface area (TPSA) is 53.6 Å². The minimum absolute atomic E-state index is 0.722. The third-order valence-electron chi connectivity index (χ3n) is 2.98. The van der Waals surface area contributed by atoms with Crippen molar-refractivity contribution in [1.29, 1.82) is 5.26 Å². The Labute approximate surface area is 107 Å². The standard InChI is InChI=1S/C14H16N4/c1-11-4-3-5-14(13(11)10-15)17-7-9-18-8-6-16-12(18)2/h3-6,8,17H,7,9H2,1-2H3. The first-order valence-electron chi connectivity index (χ1n) is 5.93. The summed E-state index contributed by atoms with van der Waals surface area (Å²) in [7, 11) is 0. The van der Waals surface area contributed by atoms with E-state index in [1.807, 2.05) is 38.2 Å². The van der Waals surface area contributed by atoms with Crippen LogP contribution in [0.25, 0.3) is 0 Å². The van der Waals surface area contributed by atoms with E-state index in [4.69, 9.17) is 5.26 Å². The summed E-state index contributed by atoms with van der Waals surface area (Å²) in [6.07, 6.45) is 3.75. The first-order valence-corrected chi connectivity index (χ1v) is 5.93. The molecular weight excluding hydrogens is 224 g/mol. The van der Waals surface area contributed by atoms with E-state index in [-0.39, 0.29) is 0 Å². The van der Waals surface area contributed by atoms with E-state index in [0.29, 0.717) is 0 Å². The Morgan fingerprint density at radius 2 is 2.22 bits per heavy atom. The SMILES string of the molecule is Cc1cccc(NCCn2ccnc2C)c1C#N. The molecule has 4 nitrogen and oxygen atoms in total. The van der Waals surface area contributed by atoms with E-state index in [9.17, 15) is 0 Å². The molecule has 0 radical (unpaired) electrons. The summed E-state index contributed by atoms with van der Waals surface area (Å²) in [5.41, 5.74) is 2.62. The van der Waals surface area contributed by atoms with Gasteiger partial charge in [-0.1, -0.05) is 12.1 Å². The molecule has 0 fully saturated rings. The Morgan fingerprint density at radius 3 is 2.89 bits per heavy atom. The Morgan fingerprint density at radius 1 is 1.39 bits per heavy atom. The molecule has 1 aromatic carbocycles. The summed E-state index contributed by atoms with van der Waals surface area (Å²) in [6.45, 7) is 5.54. The van der Waals surface area contributed by atoms with Gasteiger partial charge in [-0.25, -0.2) is 4.98 Å². The molecule has 0 atom stereocenters. The molecule has 18 heavy (non-hydrogen) atoms.